The molecule has 0 N–H and O–H groups in total. The SMILES string of the molecule is COc1cc(F)cc(N=O)c1. The van der Waals surface area contributed by atoms with Crippen LogP contribution in [0.25, 0.3) is 0 Å². The Morgan fingerprint density at radius 2 is 2.18 bits per heavy atom. The lowest BCUT2D eigenvalue weighted by Gasteiger charge is -1.98. The lowest BCUT2D eigenvalue weighted by Crippen LogP contribution is -1.83. The first kappa shape index (κ1) is 7.65. The van der Waals surface area contributed by atoms with E-state index in [0.29, 0.717) is 5.75 Å². The summed E-state index contributed by atoms with van der Waals surface area (Å²) in [5.41, 5.74) is 0.0295. The normalized spacial score (nSPS) is 9.27. The number of rotatable bonds is 2. The van der Waals surface area contributed by atoms with Gasteiger partial charge in [-0.1, -0.05) is 0 Å². The molecule has 1 rings (SSSR count). The zero-order chi connectivity index (χ0) is 8.27. The molecule has 0 heterocycles. The van der Waals surface area contributed by atoms with E-state index in [2.05, 4.69) is 5.18 Å². The lowest BCUT2D eigenvalue weighted by atomic mass is 10.3. The molecule has 0 fully saturated rings. The van der Waals surface area contributed by atoms with Crippen molar-refractivity contribution >= 4 is 5.69 Å². The number of hydrogen-bond donors (Lipinski definition) is 0. The van der Waals surface area contributed by atoms with Gasteiger partial charge in [-0.2, -0.15) is 0 Å². The maximum Gasteiger partial charge on any atom is 0.129 e. The van der Waals surface area contributed by atoms with Crippen molar-refractivity contribution in [1.82, 2.24) is 0 Å². The van der Waals surface area contributed by atoms with E-state index in [9.17, 15) is 9.30 Å². The van der Waals surface area contributed by atoms with Gasteiger partial charge in [0.05, 0.1) is 7.11 Å². The molecule has 0 aliphatic heterocycles. The van der Waals surface area contributed by atoms with Crippen molar-refractivity contribution < 1.29 is 9.13 Å². The topological polar surface area (TPSA) is 38.7 Å². The molecule has 3 nitrogen and oxygen atoms in total. The Morgan fingerprint density at radius 1 is 1.45 bits per heavy atom. The van der Waals surface area contributed by atoms with Crippen molar-refractivity contribution in [3.05, 3.63) is 28.9 Å². The lowest BCUT2D eigenvalue weighted by molar-refractivity contribution is 0.411. The molecular formula is C7H6FNO2. The highest BCUT2D eigenvalue weighted by atomic mass is 19.1. The van der Waals surface area contributed by atoms with Crippen LogP contribution >= 0.6 is 0 Å². The summed E-state index contributed by atoms with van der Waals surface area (Å²) in [4.78, 5) is 9.95. The molecule has 11 heavy (non-hydrogen) atoms. The first-order chi connectivity index (χ1) is 5.26. The van der Waals surface area contributed by atoms with E-state index in [1.165, 1.54) is 19.2 Å². The van der Waals surface area contributed by atoms with Crippen molar-refractivity contribution in [2.24, 2.45) is 5.18 Å². The largest absolute Gasteiger partial charge is 0.497 e. The predicted molar refractivity (Wildman–Crippen MR) is 38.4 cm³/mol. The Hall–Kier alpha value is -1.45. The van der Waals surface area contributed by atoms with Gasteiger partial charge in [-0.3, -0.25) is 0 Å². The molecule has 58 valence electrons. The summed E-state index contributed by atoms with van der Waals surface area (Å²) in [6.45, 7) is 0. The average Bonchev–Trinajstić information content (AvgIpc) is 2.03. The average molecular weight is 155 g/mol. The fourth-order valence-electron chi connectivity index (χ4n) is 0.718. The van der Waals surface area contributed by atoms with Crippen molar-refractivity contribution in [2.45, 2.75) is 0 Å². The molecule has 0 unspecified atom stereocenters. The molecule has 0 saturated carbocycles. The number of nitrogens with zero attached hydrogens (tertiary/aromatic N) is 1. The van der Waals surface area contributed by atoms with E-state index in [1.807, 2.05) is 0 Å². The number of ether oxygens (including phenoxy) is 1. The van der Waals surface area contributed by atoms with Gasteiger partial charge >= 0.3 is 0 Å². The van der Waals surface area contributed by atoms with Gasteiger partial charge in [0.25, 0.3) is 0 Å². The second kappa shape index (κ2) is 3.09. The summed E-state index contributed by atoms with van der Waals surface area (Å²) in [7, 11) is 1.39. The van der Waals surface area contributed by atoms with Crippen LogP contribution in [0.15, 0.2) is 23.4 Å². The number of methoxy groups -OCH3 is 1. The molecule has 0 aliphatic rings. The zero-order valence-electron chi connectivity index (χ0n) is 5.87. The second-order valence-electron chi connectivity index (χ2n) is 1.94. The summed E-state index contributed by atoms with van der Waals surface area (Å²) in [6, 6.07) is 3.57. The van der Waals surface area contributed by atoms with Gasteiger partial charge in [-0.15, -0.1) is 4.91 Å². The van der Waals surface area contributed by atoms with Crippen LogP contribution < -0.4 is 4.74 Å². The van der Waals surface area contributed by atoms with E-state index in [1.54, 1.807) is 0 Å². The van der Waals surface area contributed by atoms with E-state index >= 15 is 0 Å². The third-order valence-corrected chi connectivity index (χ3v) is 1.20. The van der Waals surface area contributed by atoms with Crippen LogP contribution in [0.1, 0.15) is 0 Å². The van der Waals surface area contributed by atoms with Gasteiger partial charge < -0.3 is 4.74 Å². The minimum atomic E-state index is -0.529. The molecule has 1 aromatic rings. The van der Waals surface area contributed by atoms with Gasteiger partial charge in [0.15, 0.2) is 0 Å². The predicted octanol–water partition coefficient (Wildman–Crippen LogP) is 2.23. The molecule has 0 spiro atoms. The first-order valence-corrected chi connectivity index (χ1v) is 2.94. The van der Waals surface area contributed by atoms with E-state index < -0.39 is 5.82 Å². The van der Waals surface area contributed by atoms with Crippen LogP contribution in [-0.2, 0) is 0 Å². The number of benzene rings is 1. The van der Waals surface area contributed by atoms with Crippen LogP contribution in [0.3, 0.4) is 0 Å². The van der Waals surface area contributed by atoms with Crippen molar-refractivity contribution in [1.29, 1.82) is 0 Å². The highest BCUT2D eigenvalue weighted by molar-refractivity contribution is 5.43. The Morgan fingerprint density at radius 3 is 2.73 bits per heavy atom. The van der Waals surface area contributed by atoms with Crippen LogP contribution in [-0.4, -0.2) is 7.11 Å². The summed E-state index contributed by atoms with van der Waals surface area (Å²) < 4.78 is 17.2. The van der Waals surface area contributed by atoms with Crippen LogP contribution in [0.5, 0.6) is 5.75 Å². The van der Waals surface area contributed by atoms with Gasteiger partial charge in [0.1, 0.15) is 17.3 Å². The second-order valence-corrected chi connectivity index (χ2v) is 1.94. The van der Waals surface area contributed by atoms with Crippen molar-refractivity contribution in [3.8, 4) is 5.75 Å². The maximum atomic E-state index is 12.5. The van der Waals surface area contributed by atoms with Crippen molar-refractivity contribution in [2.75, 3.05) is 7.11 Å². The molecule has 1 aromatic carbocycles. The standard InChI is InChI=1S/C7H6FNO2/c1-11-7-3-5(8)2-6(4-7)9-10/h2-4H,1H3. The zero-order valence-corrected chi connectivity index (χ0v) is 5.87. The van der Waals surface area contributed by atoms with Crippen molar-refractivity contribution in [3.63, 3.8) is 0 Å². The number of hydrogen-bond acceptors (Lipinski definition) is 3. The molecule has 0 radical (unpaired) electrons. The van der Waals surface area contributed by atoms with Gasteiger partial charge in [-0.25, -0.2) is 4.39 Å². The summed E-state index contributed by atoms with van der Waals surface area (Å²) in [5, 5.41) is 2.57. The summed E-state index contributed by atoms with van der Waals surface area (Å²) in [5.74, 6) is -0.237. The molecule has 0 amide bonds. The van der Waals surface area contributed by atoms with Gasteiger partial charge in [0, 0.05) is 18.2 Å². The Bertz CT molecular complexity index is 275. The molecule has 0 atom stereocenters. The highest BCUT2D eigenvalue weighted by Gasteiger charge is 1.99. The fraction of sp³-hybridized carbons (Fsp3) is 0.143. The Kier molecular flexibility index (Phi) is 2.15. The third-order valence-electron chi connectivity index (χ3n) is 1.20. The quantitative estimate of drug-likeness (QED) is 0.614. The first-order valence-electron chi connectivity index (χ1n) is 2.94. The van der Waals surface area contributed by atoms with E-state index in [-0.39, 0.29) is 5.69 Å². The van der Waals surface area contributed by atoms with E-state index in [4.69, 9.17) is 4.74 Å². The Labute approximate surface area is 62.8 Å². The molecule has 0 aliphatic carbocycles. The molecule has 0 aromatic heterocycles. The van der Waals surface area contributed by atoms with Crippen LogP contribution in [0.4, 0.5) is 10.1 Å². The summed E-state index contributed by atoms with van der Waals surface area (Å²) in [6.07, 6.45) is 0. The minimum absolute atomic E-state index is 0.0295. The highest BCUT2D eigenvalue weighted by Crippen LogP contribution is 2.21. The number of nitroso groups, excluding NO2 is 1. The summed E-state index contributed by atoms with van der Waals surface area (Å²) >= 11 is 0. The third kappa shape index (κ3) is 1.73. The molecule has 4 heteroatoms. The van der Waals surface area contributed by atoms with Gasteiger partial charge in [-0.05, 0) is 5.18 Å². The number of halogens is 1. The van der Waals surface area contributed by atoms with Crippen LogP contribution in [0.2, 0.25) is 0 Å². The van der Waals surface area contributed by atoms with E-state index in [0.717, 1.165) is 6.07 Å². The Balaban J connectivity index is 3.11. The molecule has 0 saturated heterocycles. The maximum absolute atomic E-state index is 12.5. The molecule has 0 bridgehead atoms. The van der Waals surface area contributed by atoms with Gasteiger partial charge in [0.2, 0.25) is 0 Å². The minimum Gasteiger partial charge on any atom is -0.497 e. The fourth-order valence-corrected chi connectivity index (χ4v) is 0.718. The monoisotopic (exact) mass is 155 g/mol. The smallest absolute Gasteiger partial charge is 0.129 e. The van der Waals surface area contributed by atoms with Crippen LogP contribution in [0, 0.1) is 10.7 Å². The molecular weight excluding hydrogens is 149 g/mol.